The van der Waals surface area contributed by atoms with Crippen LogP contribution in [0.3, 0.4) is 0 Å². The summed E-state index contributed by atoms with van der Waals surface area (Å²) in [5.41, 5.74) is 0. The molecule has 0 saturated heterocycles. The molecule has 11 heavy (non-hydrogen) atoms. The maximum Gasteiger partial charge on any atom is 0.170 e. The fourth-order valence-electron chi connectivity index (χ4n) is 0.766. The maximum atomic E-state index is 9.35. The Kier molecular flexibility index (Phi) is 2.53. The monoisotopic (exact) mass is 264 g/mol. The van der Waals surface area contributed by atoms with Gasteiger partial charge < -0.3 is 10.0 Å². The predicted octanol–water partition coefficient (Wildman–Crippen LogP) is 1.46. The van der Waals surface area contributed by atoms with Gasteiger partial charge >= 0.3 is 0 Å². The molecule has 60 valence electrons. The van der Waals surface area contributed by atoms with Gasteiger partial charge in [-0.15, -0.1) is 0 Å². The third kappa shape index (κ3) is 1.95. The Labute approximate surface area is 79.2 Å². The molecule has 1 heterocycles. The van der Waals surface area contributed by atoms with E-state index in [0.29, 0.717) is 5.82 Å². The smallest absolute Gasteiger partial charge is 0.170 e. The van der Waals surface area contributed by atoms with Gasteiger partial charge in [0.15, 0.2) is 11.6 Å². The number of nitrogens with zero attached hydrogens (tertiary/aromatic N) is 2. The maximum absolute atomic E-state index is 9.35. The molecular formula is C7H9IN2O. The molecule has 0 aliphatic rings. The first kappa shape index (κ1) is 8.58. The molecule has 3 nitrogen and oxygen atoms in total. The molecule has 0 bridgehead atoms. The average molecular weight is 264 g/mol. The zero-order chi connectivity index (χ0) is 8.43. The second-order valence-electron chi connectivity index (χ2n) is 2.39. The lowest BCUT2D eigenvalue weighted by Crippen LogP contribution is -2.10. The summed E-state index contributed by atoms with van der Waals surface area (Å²) in [5, 5.41) is 9.35. The Bertz CT molecular complexity index is 263. The molecule has 0 spiro atoms. The highest BCUT2D eigenvalue weighted by Gasteiger charge is 2.03. The van der Waals surface area contributed by atoms with Crippen molar-refractivity contribution in [2.24, 2.45) is 0 Å². The van der Waals surface area contributed by atoms with Crippen molar-refractivity contribution in [1.82, 2.24) is 4.98 Å². The highest BCUT2D eigenvalue weighted by atomic mass is 127. The van der Waals surface area contributed by atoms with E-state index in [2.05, 4.69) is 27.6 Å². The van der Waals surface area contributed by atoms with Crippen LogP contribution >= 0.6 is 22.6 Å². The number of halogens is 1. The van der Waals surface area contributed by atoms with Crippen LogP contribution in [0.5, 0.6) is 5.75 Å². The highest BCUT2D eigenvalue weighted by Crippen LogP contribution is 2.23. The van der Waals surface area contributed by atoms with Gasteiger partial charge in [-0.05, 0) is 28.7 Å². The Morgan fingerprint density at radius 3 is 2.64 bits per heavy atom. The van der Waals surface area contributed by atoms with E-state index in [1.807, 2.05) is 14.1 Å². The van der Waals surface area contributed by atoms with Gasteiger partial charge in [0, 0.05) is 23.9 Å². The number of aromatic nitrogens is 1. The lowest BCUT2D eigenvalue weighted by atomic mass is 10.4. The van der Waals surface area contributed by atoms with Crippen LogP contribution in [0, 0.1) is 3.57 Å². The quantitative estimate of drug-likeness (QED) is 0.780. The Morgan fingerprint density at radius 2 is 2.18 bits per heavy atom. The molecule has 0 aliphatic carbocycles. The van der Waals surface area contributed by atoms with Gasteiger partial charge in [-0.25, -0.2) is 4.98 Å². The molecule has 1 rings (SSSR count). The SMILES string of the molecule is CN(C)c1ncc(I)cc1O. The van der Waals surface area contributed by atoms with Gasteiger partial charge in [0.05, 0.1) is 0 Å². The van der Waals surface area contributed by atoms with Crippen molar-refractivity contribution in [2.45, 2.75) is 0 Å². The minimum atomic E-state index is 0.224. The Morgan fingerprint density at radius 1 is 1.55 bits per heavy atom. The lowest BCUT2D eigenvalue weighted by Gasteiger charge is -2.11. The van der Waals surface area contributed by atoms with Crippen molar-refractivity contribution in [3.8, 4) is 5.75 Å². The first-order valence-electron chi connectivity index (χ1n) is 3.13. The number of rotatable bonds is 1. The first-order chi connectivity index (χ1) is 5.11. The summed E-state index contributed by atoms with van der Waals surface area (Å²) in [5.74, 6) is 0.826. The molecule has 0 amide bonds. The molecule has 4 heteroatoms. The molecule has 1 N–H and O–H groups in total. The van der Waals surface area contributed by atoms with Crippen LogP contribution in [-0.2, 0) is 0 Å². The van der Waals surface area contributed by atoms with E-state index in [1.54, 1.807) is 17.2 Å². The van der Waals surface area contributed by atoms with Crippen LogP contribution in [0.15, 0.2) is 12.3 Å². The zero-order valence-corrected chi connectivity index (χ0v) is 8.53. The van der Waals surface area contributed by atoms with E-state index in [-0.39, 0.29) is 5.75 Å². The van der Waals surface area contributed by atoms with Gasteiger partial charge in [-0.3, -0.25) is 0 Å². The second kappa shape index (κ2) is 3.25. The van der Waals surface area contributed by atoms with E-state index in [4.69, 9.17) is 0 Å². The number of hydrogen-bond donors (Lipinski definition) is 1. The third-order valence-electron chi connectivity index (χ3n) is 1.24. The lowest BCUT2D eigenvalue weighted by molar-refractivity contribution is 0.472. The zero-order valence-electron chi connectivity index (χ0n) is 6.37. The molecule has 0 saturated carbocycles. The van der Waals surface area contributed by atoms with Crippen molar-refractivity contribution in [2.75, 3.05) is 19.0 Å². The van der Waals surface area contributed by atoms with Crippen LogP contribution in [0.4, 0.5) is 5.82 Å². The highest BCUT2D eigenvalue weighted by molar-refractivity contribution is 14.1. The van der Waals surface area contributed by atoms with Crippen molar-refractivity contribution >= 4 is 28.4 Å². The van der Waals surface area contributed by atoms with E-state index in [9.17, 15) is 5.11 Å². The number of aromatic hydroxyl groups is 1. The predicted molar refractivity (Wildman–Crippen MR) is 52.9 cm³/mol. The molecule has 0 atom stereocenters. The summed E-state index contributed by atoms with van der Waals surface area (Å²) in [6.45, 7) is 0. The largest absolute Gasteiger partial charge is 0.504 e. The van der Waals surface area contributed by atoms with Crippen molar-refractivity contribution in [3.63, 3.8) is 0 Å². The summed E-state index contributed by atoms with van der Waals surface area (Å²) in [7, 11) is 3.68. The van der Waals surface area contributed by atoms with Gasteiger partial charge in [0.1, 0.15) is 0 Å². The second-order valence-corrected chi connectivity index (χ2v) is 3.64. The minimum absolute atomic E-state index is 0.224. The molecule has 0 fully saturated rings. The number of pyridine rings is 1. The molecule has 0 aromatic carbocycles. The summed E-state index contributed by atoms with van der Waals surface area (Å²) in [4.78, 5) is 5.82. The number of anilines is 1. The van der Waals surface area contributed by atoms with Gasteiger partial charge in [0.2, 0.25) is 0 Å². The summed E-state index contributed by atoms with van der Waals surface area (Å²) < 4.78 is 0.936. The summed E-state index contributed by atoms with van der Waals surface area (Å²) in [6, 6.07) is 1.68. The first-order valence-corrected chi connectivity index (χ1v) is 4.21. The standard InChI is InChI=1S/C7H9IN2O/c1-10(2)7-6(11)3-5(8)4-9-7/h3-4,11H,1-2H3. The third-order valence-corrected chi connectivity index (χ3v) is 1.83. The van der Waals surface area contributed by atoms with Crippen LogP contribution in [0.25, 0.3) is 0 Å². The van der Waals surface area contributed by atoms with Crippen LogP contribution < -0.4 is 4.90 Å². The molecular weight excluding hydrogens is 255 g/mol. The minimum Gasteiger partial charge on any atom is -0.504 e. The Balaban J connectivity index is 3.09. The van der Waals surface area contributed by atoms with E-state index >= 15 is 0 Å². The summed E-state index contributed by atoms with van der Waals surface area (Å²) >= 11 is 2.10. The van der Waals surface area contributed by atoms with Crippen molar-refractivity contribution < 1.29 is 5.11 Å². The molecule has 0 radical (unpaired) electrons. The van der Waals surface area contributed by atoms with E-state index in [1.165, 1.54) is 0 Å². The fraction of sp³-hybridized carbons (Fsp3) is 0.286. The Hall–Kier alpha value is -0.520. The van der Waals surface area contributed by atoms with Crippen molar-refractivity contribution in [1.29, 1.82) is 0 Å². The van der Waals surface area contributed by atoms with Crippen LogP contribution in [0.2, 0.25) is 0 Å². The van der Waals surface area contributed by atoms with Gasteiger partial charge in [-0.2, -0.15) is 0 Å². The van der Waals surface area contributed by atoms with Crippen molar-refractivity contribution in [3.05, 3.63) is 15.8 Å². The van der Waals surface area contributed by atoms with Crippen LogP contribution in [-0.4, -0.2) is 24.2 Å². The molecule has 1 aromatic heterocycles. The van der Waals surface area contributed by atoms with Gasteiger partial charge in [-0.1, -0.05) is 0 Å². The van der Waals surface area contributed by atoms with Crippen LogP contribution in [0.1, 0.15) is 0 Å². The molecule has 0 aliphatic heterocycles. The molecule has 1 aromatic rings. The van der Waals surface area contributed by atoms with E-state index in [0.717, 1.165) is 3.57 Å². The average Bonchev–Trinajstić information content (AvgIpc) is 1.85. The van der Waals surface area contributed by atoms with Gasteiger partial charge in [0.25, 0.3) is 0 Å². The normalized spacial score (nSPS) is 9.73. The topological polar surface area (TPSA) is 36.4 Å². The summed E-state index contributed by atoms with van der Waals surface area (Å²) in [6.07, 6.45) is 1.72. The fourth-order valence-corrected chi connectivity index (χ4v) is 1.20. The number of hydrogen-bond acceptors (Lipinski definition) is 3. The van der Waals surface area contributed by atoms with E-state index < -0.39 is 0 Å². The molecule has 0 unspecified atom stereocenters.